The minimum absolute atomic E-state index is 0.171. The molecule has 75 valence electrons. The van der Waals surface area contributed by atoms with E-state index < -0.39 is 10.1 Å². The molecule has 0 amide bonds. The van der Waals surface area contributed by atoms with Crippen LogP contribution in [0.3, 0.4) is 0 Å². The van der Waals surface area contributed by atoms with Crippen molar-refractivity contribution >= 4 is 25.5 Å². The quantitative estimate of drug-likeness (QED) is 0.559. The molecule has 1 aromatic rings. The predicted molar refractivity (Wildman–Crippen MR) is 55.3 cm³/mol. The monoisotopic (exact) mass is 227 g/mol. The molecule has 0 fully saturated rings. The first-order valence-corrected chi connectivity index (χ1v) is 6.19. The van der Waals surface area contributed by atoms with Crippen molar-refractivity contribution < 1.29 is 12.6 Å². The molecule has 0 saturated heterocycles. The molecule has 0 bridgehead atoms. The van der Waals surface area contributed by atoms with Crippen molar-refractivity contribution in [2.24, 2.45) is 0 Å². The first-order valence-electron chi connectivity index (χ1n) is 4.28. The van der Waals surface area contributed by atoms with Gasteiger partial charge in [0.2, 0.25) is 0 Å². The number of hydrogen-bond acceptors (Lipinski definition) is 3. The first kappa shape index (κ1) is 11.4. The molecule has 0 spiro atoms. The van der Waals surface area contributed by atoms with E-state index in [-0.39, 0.29) is 11.5 Å². The molecule has 0 N–H and O–H groups in total. The summed E-state index contributed by atoms with van der Waals surface area (Å²) in [7, 11) is -0.385. The molecule has 0 atom stereocenters. The summed E-state index contributed by atoms with van der Waals surface area (Å²) in [6.45, 7) is 2.07. The summed E-state index contributed by atoms with van der Waals surface area (Å²) in [6.07, 6.45) is 0.670. The molecule has 0 aromatic heterocycles. The van der Waals surface area contributed by atoms with Gasteiger partial charge in [0.25, 0.3) is 10.1 Å². The Morgan fingerprint density at radius 1 is 1.36 bits per heavy atom. The molecule has 1 aromatic carbocycles. The fourth-order valence-electron chi connectivity index (χ4n) is 0.941. The highest BCUT2D eigenvalue weighted by molar-refractivity contribution is 7.87. The lowest BCUT2D eigenvalue weighted by Gasteiger charge is -2.06. The third-order valence-corrected chi connectivity index (χ3v) is 3.59. The maximum atomic E-state index is 11.6. The Labute approximate surface area is 87.6 Å². The van der Waals surface area contributed by atoms with Gasteiger partial charge in [-0.25, -0.2) is 0 Å². The number of benzene rings is 1. The second-order valence-electron chi connectivity index (χ2n) is 2.77. The first-order chi connectivity index (χ1) is 6.58. The number of hydrogen-bond donors (Lipinski definition) is 0. The largest absolute Gasteiger partial charge is 0.296 e. The number of rotatable bonds is 4. The van der Waals surface area contributed by atoms with Crippen molar-refractivity contribution in [2.45, 2.75) is 18.2 Å². The molecule has 1 rings (SSSR count). The average molecular weight is 227 g/mol. The van der Waals surface area contributed by atoms with Gasteiger partial charge in [0.05, 0.1) is 21.7 Å². The average Bonchev–Trinajstić information content (AvgIpc) is 2.15. The molecule has 3 radical (unpaired) electrons. The van der Waals surface area contributed by atoms with Gasteiger partial charge in [-0.05, 0) is 17.7 Å². The Balaban J connectivity index is 2.99. The third kappa shape index (κ3) is 2.67. The van der Waals surface area contributed by atoms with E-state index in [9.17, 15) is 8.42 Å². The zero-order valence-corrected chi connectivity index (χ0v) is 9.67. The van der Waals surface area contributed by atoms with Crippen LogP contribution in [-0.2, 0) is 14.3 Å². The van der Waals surface area contributed by atoms with Gasteiger partial charge >= 0.3 is 0 Å². The van der Waals surface area contributed by atoms with E-state index >= 15 is 0 Å². The summed E-state index contributed by atoms with van der Waals surface area (Å²) < 4.78 is 27.9. The van der Waals surface area contributed by atoms with E-state index in [1.807, 2.05) is 6.92 Å². The maximum Gasteiger partial charge on any atom is 0.296 e. The van der Waals surface area contributed by atoms with Crippen molar-refractivity contribution in [1.29, 1.82) is 0 Å². The lowest BCUT2D eigenvalue weighted by molar-refractivity contribution is 0.318. The molecule has 0 aliphatic carbocycles. The van der Waals surface area contributed by atoms with Gasteiger partial charge < -0.3 is 0 Å². The zero-order valence-electron chi connectivity index (χ0n) is 7.86. The van der Waals surface area contributed by atoms with Gasteiger partial charge in [-0.2, -0.15) is 8.42 Å². The Bertz CT molecular complexity index is 400. The highest BCUT2D eigenvalue weighted by atomic mass is 32.2. The Morgan fingerprint density at radius 2 is 2.00 bits per heavy atom. The van der Waals surface area contributed by atoms with E-state index in [2.05, 4.69) is 10.2 Å². The molecular formula is C9H11O3SSi. The lowest BCUT2D eigenvalue weighted by Crippen LogP contribution is -2.17. The molecule has 0 unspecified atom stereocenters. The van der Waals surface area contributed by atoms with Gasteiger partial charge in [0.1, 0.15) is 0 Å². The van der Waals surface area contributed by atoms with Gasteiger partial charge in [0.15, 0.2) is 0 Å². The van der Waals surface area contributed by atoms with Crippen molar-refractivity contribution in [3.05, 3.63) is 24.3 Å². The smallest absolute Gasteiger partial charge is 0.266 e. The highest BCUT2D eigenvalue weighted by Gasteiger charge is 2.16. The minimum Gasteiger partial charge on any atom is -0.266 e. The lowest BCUT2D eigenvalue weighted by atomic mass is 10.4. The zero-order chi connectivity index (χ0) is 10.6. The van der Waals surface area contributed by atoms with E-state index in [0.29, 0.717) is 11.6 Å². The summed E-state index contributed by atoms with van der Waals surface area (Å²) in [5.41, 5.74) is 0. The van der Waals surface area contributed by atoms with Crippen molar-refractivity contribution in [1.82, 2.24) is 0 Å². The SMILES string of the molecule is CCCOS(=O)(=O)c1ccccc1[Si]. The van der Waals surface area contributed by atoms with Crippen molar-refractivity contribution in [3.8, 4) is 0 Å². The molecule has 0 heterocycles. The van der Waals surface area contributed by atoms with Crippen molar-refractivity contribution in [2.75, 3.05) is 6.61 Å². The fourth-order valence-corrected chi connectivity index (χ4v) is 2.59. The summed E-state index contributed by atoms with van der Waals surface area (Å²) >= 11 is 0. The van der Waals surface area contributed by atoms with Crippen LogP contribution in [0.15, 0.2) is 29.2 Å². The van der Waals surface area contributed by atoms with Crippen LogP contribution in [0.2, 0.25) is 0 Å². The Hall–Kier alpha value is -0.653. The standard InChI is InChI=1S/C9H11O3SSi/c1-2-7-12-13(10,11)8-5-3-4-6-9(8)14/h3-6H,2,7H2,1H3. The van der Waals surface area contributed by atoms with E-state index in [1.165, 1.54) is 6.07 Å². The topological polar surface area (TPSA) is 43.4 Å². The van der Waals surface area contributed by atoms with Crippen LogP contribution in [0.25, 0.3) is 0 Å². The Kier molecular flexibility index (Phi) is 3.85. The van der Waals surface area contributed by atoms with Gasteiger partial charge in [-0.15, -0.1) is 0 Å². The van der Waals surface area contributed by atoms with E-state index in [0.717, 1.165) is 0 Å². The molecule has 0 aliphatic heterocycles. The molecule has 5 heteroatoms. The highest BCUT2D eigenvalue weighted by Crippen LogP contribution is 2.08. The molecule has 0 saturated carbocycles. The summed E-state index contributed by atoms with van der Waals surface area (Å²) in [5.74, 6) is 0. The predicted octanol–water partition coefficient (Wildman–Crippen LogP) is 0.596. The summed E-state index contributed by atoms with van der Waals surface area (Å²) in [4.78, 5) is 0.171. The van der Waals surface area contributed by atoms with Gasteiger partial charge in [-0.1, -0.05) is 25.1 Å². The van der Waals surface area contributed by atoms with E-state index in [4.69, 9.17) is 4.18 Å². The summed E-state index contributed by atoms with van der Waals surface area (Å²) in [6, 6.07) is 6.58. The molecule has 0 aliphatic rings. The van der Waals surface area contributed by atoms with Gasteiger partial charge in [0, 0.05) is 0 Å². The van der Waals surface area contributed by atoms with Gasteiger partial charge in [-0.3, -0.25) is 4.18 Å². The summed E-state index contributed by atoms with van der Waals surface area (Å²) in [5, 5.41) is 0.517. The maximum absolute atomic E-state index is 11.6. The Morgan fingerprint density at radius 3 is 2.57 bits per heavy atom. The molecular weight excluding hydrogens is 216 g/mol. The van der Waals surface area contributed by atoms with Crippen LogP contribution < -0.4 is 5.19 Å². The van der Waals surface area contributed by atoms with Crippen LogP contribution in [0.1, 0.15) is 13.3 Å². The minimum atomic E-state index is -3.60. The van der Waals surface area contributed by atoms with Crippen LogP contribution in [0, 0.1) is 0 Å². The van der Waals surface area contributed by atoms with E-state index in [1.54, 1.807) is 18.2 Å². The molecule has 14 heavy (non-hydrogen) atoms. The van der Waals surface area contributed by atoms with Crippen LogP contribution in [0.5, 0.6) is 0 Å². The van der Waals surface area contributed by atoms with Crippen molar-refractivity contribution in [3.63, 3.8) is 0 Å². The second-order valence-corrected chi connectivity index (χ2v) is 4.89. The van der Waals surface area contributed by atoms with Crippen LogP contribution >= 0.6 is 0 Å². The van der Waals surface area contributed by atoms with Crippen LogP contribution in [0.4, 0.5) is 0 Å². The fraction of sp³-hybridized carbons (Fsp3) is 0.333. The van der Waals surface area contributed by atoms with Crippen LogP contribution in [-0.4, -0.2) is 25.3 Å². The second kappa shape index (κ2) is 4.72. The molecule has 3 nitrogen and oxygen atoms in total. The normalized spacial score (nSPS) is 11.6. The third-order valence-electron chi connectivity index (χ3n) is 1.60.